The van der Waals surface area contributed by atoms with E-state index in [2.05, 4.69) is 35.9 Å². The van der Waals surface area contributed by atoms with Gasteiger partial charge in [-0.3, -0.25) is 0 Å². The van der Waals surface area contributed by atoms with Crippen LogP contribution in [0.25, 0.3) is 11.3 Å². The molecule has 1 fully saturated rings. The highest BCUT2D eigenvalue weighted by Gasteiger charge is 2.12. The first-order chi connectivity index (χ1) is 13.8. The summed E-state index contributed by atoms with van der Waals surface area (Å²) in [6.45, 7) is 0. The number of aromatic nitrogens is 1. The molecule has 1 saturated carbocycles. The van der Waals surface area contributed by atoms with E-state index in [4.69, 9.17) is 14.8 Å². The molecule has 0 saturated heterocycles. The van der Waals surface area contributed by atoms with Crippen LogP contribution < -0.4 is 9.54 Å². The van der Waals surface area contributed by atoms with E-state index in [0.29, 0.717) is 5.92 Å². The monoisotopic (exact) mass is 391 g/mol. The van der Waals surface area contributed by atoms with E-state index >= 15 is 0 Å². The zero-order chi connectivity index (χ0) is 19.2. The van der Waals surface area contributed by atoms with E-state index in [1.54, 1.807) is 18.4 Å². The molecular formula is C23H25N3OS. The molecule has 0 radical (unpaired) electrons. The first kappa shape index (κ1) is 18.7. The van der Waals surface area contributed by atoms with E-state index in [1.807, 2.05) is 35.0 Å². The molecule has 144 valence electrons. The van der Waals surface area contributed by atoms with E-state index in [0.717, 1.165) is 27.5 Å². The zero-order valence-electron chi connectivity index (χ0n) is 16.1. The van der Waals surface area contributed by atoms with Crippen LogP contribution >= 0.6 is 11.3 Å². The van der Waals surface area contributed by atoms with E-state index in [1.165, 1.54) is 32.1 Å². The van der Waals surface area contributed by atoms with Crippen molar-refractivity contribution in [1.29, 1.82) is 0 Å². The molecule has 1 aliphatic rings. The van der Waals surface area contributed by atoms with Crippen LogP contribution in [-0.2, 0) is 0 Å². The number of hydrogen-bond donors (Lipinski definition) is 0. The first-order valence-electron chi connectivity index (χ1n) is 9.83. The molecule has 28 heavy (non-hydrogen) atoms. The second-order valence-electron chi connectivity index (χ2n) is 7.05. The van der Waals surface area contributed by atoms with Gasteiger partial charge in [-0.1, -0.05) is 49.6 Å². The van der Waals surface area contributed by atoms with Gasteiger partial charge in [0.15, 0.2) is 0 Å². The number of rotatable bonds is 5. The molecule has 3 aromatic rings. The van der Waals surface area contributed by atoms with Crippen molar-refractivity contribution in [2.75, 3.05) is 7.11 Å². The third kappa shape index (κ3) is 4.42. The summed E-state index contributed by atoms with van der Waals surface area (Å²) in [7, 11) is 1.67. The fourth-order valence-corrected chi connectivity index (χ4v) is 4.36. The minimum absolute atomic E-state index is 0.568. The van der Waals surface area contributed by atoms with Crippen molar-refractivity contribution in [3.05, 3.63) is 64.8 Å². The summed E-state index contributed by atoms with van der Waals surface area (Å²) < 4.78 is 7.23. The maximum atomic E-state index is 5.24. The lowest BCUT2D eigenvalue weighted by atomic mass is 9.90. The Morgan fingerprint density at radius 3 is 2.46 bits per heavy atom. The summed E-state index contributed by atoms with van der Waals surface area (Å²) in [4.78, 5) is 5.71. The molecule has 5 heteroatoms. The number of hydrogen-bond acceptors (Lipinski definition) is 4. The van der Waals surface area contributed by atoms with Crippen molar-refractivity contribution in [2.45, 2.75) is 32.1 Å². The van der Waals surface area contributed by atoms with Gasteiger partial charge in [-0.25, -0.2) is 9.67 Å². The molecule has 4 nitrogen and oxygen atoms in total. The quantitative estimate of drug-likeness (QED) is 0.501. The molecule has 2 aromatic carbocycles. The number of nitrogens with zero attached hydrogens (tertiary/aromatic N) is 3. The number of thiazole rings is 1. The third-order valence-electron chi connectivity index (χ3n) is 5.09. The minimum Gasteiger partial charge on any atom is -0.497 e. The molecule has 0 spiro atoms. The molecule has 0 unspecified atom stereocenters. The molecule has 0 N–H and O–H groups in total. The van der Waals surface area contributed by atoms with Gasteiger partial charge < -0.3 is 4.74 Å². The average molecular weight is 392 g/mol. The molecule has 1 heterocycles. The topological polar surface area (TPSA) is 38.9 Å². The van der Waals surface area contributed by atoms with Crippen molar-refractivity contribution in [3.8, 4) is 17.0 Å². The second-order valence-corrected chi connectivity index (χ2v) is 7.89. The zero-order valence-corrected chi connectivity index (χ0v) is 16.9. The summed E-state index contributed by atoms with van der Waals surface area (Å²) in [6, 6.07) is 18.2. The number of benzene rings is 2. The number of ether oxygens (including phenoxy) is 1. The van der Waals surface area contributed by atoms with Gasteiger partial charge in [0.05, 0.1) is 18.5 Å². The average Bonchev–Trinajstić information content (AvgIpc) is 3.16. The predicted octanol–water partition coefficient (Wildman–Crippen LogP) is 5.87. The Labute approximate surface area is 169 Å². The first-order valence-corrected chi connectivity index (χ1v) is 10.7. The van der Waals surface area contributed by atoms with Crippen molar-refractivity contribution in [2.24, 2.45) is 16.0 Å². The molecule has 0 atom stereocenters. The largest absolute Gasteiger partial charge is 0.497 e. The van der Waals surface area contributed by atoms with Crippen LogP contribution in [0.4, 0.5) is 5.69 Å². The van der Waals surface area contributed by atoms with Gasteiger partial charge in [0.2, 0.25) is 4.80 Å². The Morgan fingerprint density at radius 2 is 1.75 bits per heavy atom. The molecule has 1 aromatic heterocycles. The van der Waals surface area contributed by atoms with Crippen LogP contribution in [0.3, 0.4) is 0 Å². The fraction of sp³-hybridized carbons (Fsp3) is 0.304. The van der Waals surface area contributed by atoms with Crippen LogP contribution in [-0.4, -0.2) is 18.0 Å². The highest BCUT2D eigenvalue weighted by molar-refractivity contribution is 7.07. The molecule has 0 bridgehead atoms. The van der Waals surface area contributed by atoms with Gasteiger partial charge in [0.1, 0.15) is 5.75 Å². The molecular weight excluding hydrogens is 366 g/mol. The van der Waals surface area contributed by atoms with E-state index in [9.17, 15) is 0 Å². The predicted molar refractivity (Wildman–Crippen MR) is 116 cm³/mol. The van der Waals surface area contributed by atoms with Crippen LogP contribution in [0.2, 0.25) is 0 Å². The highest BCUT2D eigenvalue weighted by Crippen LogP contribution is 2.24. The van der Waals surface area contributed by atoms with Crippen molar-refractivity contribution < 1.29 is 4.74 Å². The summed E-state index contributed by atoms with van der Waals surface area (Å²) in [6.07, 6.45) is 8.56. The SMILES string of the molecule is COc1ccc(N=c2scc(-c3ccccc3)n2/N=C/C2CCCCC2)cc1. The van der Waals surface area contributed by atoms with Crippen LogP contribution in [0, 0.1) is 5.92 Å². The Kier molecular flexibility index (Phi) is 6.02. The lowest BCUT2D eigenvalue weighted by molar-refractivity contribution is 0.415. The standard InChI is InChI=1S/C23H25N3OS/c1-27-21-14-12-20(13-15-21)25-23-26(24-16-18-8-4-2-5-9-18)22(17-28-23)19-10-6-3-7-11-19/h3,6-7,10-18H,2,4-5,8-9H2,1H3/b24-16+,25-23?. The summed E-state index contributed by atoms with van der Waals surface area (Å²) >= 11 is 1.61. The smallest absolute Gasteiger partial charge is 0.211 e. The maximum Gasteiger partial charge on any atom is 0.211 e. The molecule has 0 aliphatic heterocycles. The number of methoxy groups -OCH3 is 1. The van der Waals surface area contributed by atoms with Gasteiger partial charge >= 0.3 is 0 Å². The molecule has 4 rings (SSSR count). The van der Waals surface area contributed by atoms with E-state index in [-0.39, 0.29) is 0 Å². The normalized spacial score (nSPS) is 16.0. The Hall–Kier alpha value is -2.66. The Bertz CT molecular complexity index is 981. The van der Waals surface area contributed by atoms with Gasteiger partial charge in [0.25, 0.3) is 0 Å². The van der Waals surface area contributed by atoms with Gasteiger partial charge in [0, 0.05) is 17.2 Å². The van der Waals surface area contributed by atoms with Crippen molar-refractivity contribution in [1.82, 2.24) is 4.68 Å². The molecule has 1 aliphatic carbocycles. The van der Waals surface area contributed by atoms with E-state index < -0.39 is 0 Å². The maximum absolute atomic E-state index is 5.24. The van der Waals surface area contributed by atoms with Crippen molar-refractivity contribution >= 4 is 23.2 Å². The lowest BCUT2D eigenvalue weighted by Crippen LogP contribution is -2.14. The fourth-order valence-electron chi connectivity index (χ4n) is 3.51. The second kappa shape index (κ2) is 9.02. The Balaban J connectivity index is 1.73. The summed E-state index contributed by atoms with van der Waals surface area (Å²) in [5.41, 5.74) is 3.12. The van der Waals surface area contributed by atoms with Crippen LogP contribution in [0.15, 0.2) is 70.1 Å². The third-order valence-corrected chi connectivity index (χ3v) is 5.91. The molecule has 0 amide bonds. The highest BCUT2D eigenvalue weighted by atomic mass is 32.1. The van der Waals surface area contributed by atoms with Gasteiger partial charge in [-0.05, 0) is 43.0 Å². The van der Waals surface area contributed by atoms with Crippen LogP contribution in [0.1, 0.15) is 32.1 Å². The van der Waals surface area contributed by atoms with Crippen molar-refractivity contribution in [3.63, 3.8) is 0 Å². The summed E-state index contributed by atoms with van der Waals surface area (Å²) in [5, 5.41) is 7.01. The minimum atomic E-state index is 0.568. The van der Waals surface area contributed by atoms with Crippen LogP contribution in [0.5, 0.6) is 5.75 Å². The Morgan fingerprint density at radius 1 is 1.00 bits per heavy atom. The summed E-state index contributed by atoms with van der Waals surface area (Å²) in [5.74, 6) is 1.40. The lowest BCUT2D eigenvalue weighted by Gasteiger charge is -2.17. The van der Waals surface area contributed by atoms with Gasteiger partial charge in [-0.2, -0.15) is 5.10 Å². The van der Waals surface area contributed by atoms with Gasteiger partial charge in [-0.15, -0.1) is 11.3 Å².